The highest BCUT2D eigenvalue weighted by Crippen LogP contribution is 2.40. The van der Waals surface area contributed by atoms with Crippen molar-refractivity contribution >= 4 is 45.0 Å². The van der Waals surface area contributed by atoms with Gasteiger partial charge < -0.3 is 20.3 Å². The Morgan fingerprint density at radius 3 is 2.73 bits per heavy atom. The Hall–Kier alpha value is -2.59. The number of carbonyl (C=O) groups excluding carboxylic acids is 2. The molecule has 2 aromatic heterocycles. The van der Waals surface area contributed by atoms with Gasteiger partial charge in [-0.2, -0.15) is 0 Å². The molecule has 0 aliphatic carbocycles. The minimum atomic E-state index is -0.581. The number of carbonyl (C=O) groups is 2. The van der Waals surface area contributed by atoms with E-state index in [1.165, 1.54) is 0 Å². The lowest BCUT2D eigenvalue weighted by atomic mass is 9.90. The van der Waals surface area contributed by atoms with E-state index in [-0.39, 0.29) is 29.8 Å². The molecule has 5 rings (SSSR count). The van der Waals surface area contributed by atoms with Gasteiger partial charge in [-0.3, -0.25) is 14.6 Å². The molecular weight excluding hydrogens is 510 g/mol. The highest BCUT2D eigenvalue weighted by atomic mass is 35.5. The molecule has 10 heteroatoms. The molecule has 2 amide bonds. The number of fused-ring (bicyclic) bond motifs is 1. The third kappa shape index (κ3) is 5.36. The van der Waals surface area contributed by atoms with E-state index >= 15 is 0 Å². The molecule has 2 aliphatic heterocycles. The van der Waals surface area contributed by atoms with Gasteiger partial charge in [0.2, 0.25) is 11.8 Å². The van der Waals surface area contributed by atoms with Gasteiger partial charge in [0.25, 0.3) is 0 Å². The van der Waals surface area contributed by atoms with Crippen LogP contribution in [0, 0.1) is 5.92 Å². The Morgan fingerprint density at radius 2 is 1.97 bits per heavy atom. The maximum Gasteiger partial charge on any atom is 0.246 e. The number of nitrogens with one attached hydrogen (secondary N) is 2. The number of pyridine rings is 1. The fourth-order valence-corrected chi connectivity index (χ4v) is 6.51. The van der Waals surface area contributed by atoms with Gasteiger partial charge in [0.05, 0.1) is 27.5 Å². The zero-order valence-corrected chi connectivity index (χ0v) is 22.6. The van der Waals surface area contributed by atoms with Crippen molar-refractivity contribution in [2.75, 3.05) is 26.8 Å². The first-order chi connectivity index (χ1) is 18.0. The van der Waals surface area contributed by atoms with E-state index in [0.717, 1.165) is 52.2 Å². The number of aromatic nitrogens is 2. The van der Waals surface area contributed by atoms with Gasteiger partial charge in [0.1, 0.15) is 16.6 Å². The van der Waals surface area contributed by atoms with E-state index in [1.807, 2.05) is 35.2 Å². The third-order valence-electron chi connectivity index (χ3n) is 7.40. The molecule has 0 saturated carbocycles. The molecule has 3 aromatic rings. The Balaban J connectivity index is 1.45. The molecule has 0 spiro atoms. The van der Waals surface area contributed by atoms with E-state index in [2.05, 4.69) is 15.6 Å². The van der Waals surface area contributed by atoms with E-state index in [0.29, 0.717) is 24.8 Å². The molecule has 196 valence electrons. The van der Waals surface area contributed by atoms with E-state index < -0.39 is 6.04 Å². The average Bonchev–Trinajstić information content (AvgIpc) is 3.59. The second-order valence-electron chi connectivity index (χ2n) is 9.67. The van der Waals surface area contributed by atoms with Crippen molar-refractivity contribution in [3.63, 3.8) is 0 Å². The van der Waals surface area contributed by atoms with Crippen LogP contribution >= 0.6 is 22.9 Å². The maximum absolute atomic E-state index is 14.0. The molecule has 2 aliphatic rings. The Morgan fingerprint density at radius 1 is 1.19 bits per heavy atom. The SMILES string of the molecule is CN[C@H](C)C(=O)N[C@@H](C(=O)N1CCC[C@@H]1c1nc2c(-c3ccccc3Cl)nccc2s1)C1CCOCC1. The van der Waals surface area contributed by atoms with Crippen molar-refractivity contribution in [1.82, 2.24) is 25.5 Å². The van der Waals surface area contributed by atoms with Crippen molar-refractivity contribution < 1.29 is 14.3 Å². The van der Waals surface area contributed by atoms with Crippen LogP contribution in [-0.4, -0.2) is 65.6 Å². The smallest absolute Gasteiger partial charge is 0.246 e. The van der Waals surface area contributed by atoms with Crippen molar-refractivity contribution in [3.05, 3.63) is 46.6 Å². The van der Waals surface area contributed by atoms with Crippen LogP contribution in [0.3, 0.4) is 0 Å². The summed E-state index contributed by atoms with van der Waals surface area (Å²) in [4.78, 5) is 38.4. The van der Waals surface area contributed by atoms with Gasteiger partial charge in [-0.25, -0.2) is 4.98 Å². The zero-order chi connectivity index (χ0) is 25.9. The first-order valence-corrected chi connectivity index (χ1v) is 14.0. The second-order valence-corrected chi connectivity index (χ2v) is 11.1. The number of thiazole rings is 1. The van der Waals surface area contributed by atoms with Crippen molar-refractivity contribution in [2.24, 2.45) is 5.92 Å². The summed E-state index contributed by atoms with van der Waals surface area (Å²) in [5.41, 5.74) is 2.38. The zero-order valence-electron chi connectivity index (χ0n) is 21.1. The summed E-state index contributed by atoms with van der Waals surface area (Å²) in [6.07, 6.45) is 5.00. The Bertz CT molecular complexity index is 1280. The fourth-order valence-electron chi connectivity index (χ4n) is 5.17. The molecule has 0 bridgehead atoms. The number of hydrogen-bond acceptors (Lipinski definition) is 7. The van der Waals surface area contributed by atoms with Crippen LogP contribution in [0.4, 0.5) is 0 Å². The molecule has 3 atom stereocenters. The predicted molar refractivity (Wildman–Crippen MR) is 146 cm³/mol. The number of halogens is 1. The number of benzene rings is 1. The summed E-state index contributed by atoms with van der Waals surface area (Å²) >= 11 is 8.07. The molecular formula is C27H32ClN5O3S. The van der Waals surface area contributed by atoms with Crippen LogP contribution in [0.1, 0.15) is 43.7 Å². The molecule has 1 aromatic carbocycles. The van der Waals surface area contributed by atoms with Crippen LogP contribution in [0.5, 0.6) is 0 Å². The summed E-state index contributed by atoms with van der Waals surface area (Å²) in [5, 5.41) is 7.55. The topological polar surface area (TPSA) is 96.5 Å². The molecule has 2 saturated heterocycles. The van der Waals surface area contributed by atoms with E-state index in [1.54, 1.807) is 31.5 Å². The van der Waals surface area contributed by atoms with E-state index in [9.17, 15) is 9.59 Å². The lowest BCUT2D eigenvalue weighted by molar-refractivity contribution is -0.140. The number of rotatable bonds is 7. The molecule has 0 radical (unpaired) electrons. The maximum atomic E-state index is 14.0. The number of nitrogens with zero attached hydrogens (tertiary/aromatic N) is 3. The highest BCUT2D eigenvalue weighted by Gasteiger charge is 2.40. The normalized spacial score (nSPS) is 20.2. The van der Waals surface area contributed by atoms with Crippen molar-refractivity contribution in [1.29, 1.82) is 0 Å². The second kappa shape index (κ2) is 11.4. The highest BCUT2D eigenvalue weighted by molar-refractivity contribution is 7.18. The van der Waals surface area contributed by atoms with Crippen molar-refractivity contribution in [3.8, 4) is 11.3 Å². The summed E-state index contributed by atoms with van der Waals surface area (Å²) in [6.45, 7) is 3.65. The molecule has 4 heterocycles. The molecule has 2 fully saturated rings. The molecule has 8 nitrogen and oxygen atoms in total. The van der Waals surface area contributed by atoms with Gasteiger partial charge in [0.15, 0.2) is 0 Å². The predicted octanol–water partition coefficient (Wildman–Crippen LogP) is 4.19. The number of likely N-dealkylation sites (tertiary alicyclic amines) is 1. The minimum absolute atomic E-state index is 0.0326. The van der Waals surface area contributed by atoms with Gasteiger partial charge in [-0.05, 0) is 57.7 Å². The lowest BCUT2D eigenvalue weighted by Gasteiger charge is -2.35. The first-order valence-electron chi connectivity index (χ1n) is 12.8. The average molecular weight is 542 g/mol. The van der Waals surface area contributed by atoms with Crippen LogP contribution in [0.25, 0.3) is 21.5 Å². The first kappa shape index (κ1) is 26.0. The summed E-state index contributed by atoms with van der Waals surface area (Å²) in [7, 11) is 1.74. The number of likely N-dealkylation sites (N-methyl/N-ethyl adjacent to an activating group) is 1. The van der Waals surface area contributed by atoms with Gasteiger partial charge in [-0.1, -0.05) is 29.8 Å². The van der Waals surface area contributed by atoms with Crippen LogP contribution in [0.15, 0.2) is 36.5 Å². The van der Waals surface area contributed by atoms with Crippen molar-refractivity contribution in [2.45, 2.75) is 50.7 Å². The lowest BCUT2D eigenvalue weighted by Crippen LogP contribution is -2.56. The monoisotopic (exact) mass is 541 g/mol. The van der Waals surface area contributed by atoms with Crippen LogP contribution in [0.2, 0.25) is 5.02 Å². The molecule has 0 unspecified atom stereocenters. The van der Waals surface area contributed by atoms with Gasteiger partial charge >= 0.3 is 0 Å². The Kier molecular flexibility index (Phi) is 8.04. The largest absolute Gasteiger partial charge is 0.381 e. The summed E-state index contributed by atoms with van der Waals surface area (Å²) in [6, 6.07) is 8.49. The standard InChI is InChI=1S/C27H32ClN5O3S/c1-16(29-2)25(34)31-22(17-10-14-36-15-11-17)27(35)33-13-5-8-20(33)26-32-24-21(37-26)9-12-30-23(24)18-6-3-4-7-19(18)28/h3-4,6-7,9,12,16-17,20,22,29H,5,8,10-11,13-15H2,1-2H3,(H,31,34)/t16-,20-,22-/m1/s1. The molecule has 2 N–H and O–H groups in total. The quantitative estimate of drug-likeness (QED) is 0.465. The van der Waals surface area contributed by atoms with E-state index in [4.69, 9.17) is 21.3 Å². The number of hydrogen-bond donors (Lipinski definition) is 2. The van der Waals surface area contributed by atoms with Crippen LogP contribution in [-0.2, 0) is 14.3 Å². The fraction of sp³-hybridized carbons (Fsp3) is 0.481. The van der Waals surface area contributed by atoms with Crippen LogP contribution < -0.4 is 10.6 Å². The van der Waals surface area contributed by atoms with Gasteiger partial charge in [-0.15, -0.1) is 11.3 Å². The van der Waals surface area contributed by atoms with Gasteiger partial charge in [0, 0.05) is 31.5 Å². The number of amides is 2. The minimum Gasteiger partial charge on any atom is -0.381 e. The molecule has 37 heavy (non-hydrogen) atoms. The number of ether oxygens (including phenoxy) is 1. The third-order valence-corrected chi connectivity index (χ3v) is 8.85. The Labute approximate surface area is 225 Å². The summed E-state index contributed by atoms with van der Waals surface area (Å²) in [5.74, 6) is -0.157. The summed E-state index contributed by atoms with van der Waals surface area (Å²) < 4.78 is 6.55.